The maximum atomic E-state index is 2.38. The second kappa shape index (κ2) is 9.27. The zero-order valence-electron chi connectivity index (χ0n) is 14.3. The summed E-state index contributed by atoms with van der Waals surface area (Å²) in [6, 6.07) is 1.06. The molecular formula is C18H26N2Te2. The van der Waals surface area contributed by atoms with Crippen LogP contribution in [-0.4, -0.2) is 84.2 Å². The van der Waals surface area contributed by atoms with E-state index in [4.69, 9.17) is 0 Å². The Labute approximate surface area is 155 Å². The summed E-state index contributed by atoms with van der Waals surface area (Å²) < 4.78 is 3.36. The third-order valence-corrected chi connectivity index (χ3v) is 16.1. The predicted molar refractivity (Wildman–Crippen MR) is 96.6 cm³/mol. The van der Waals surface area contributed by atoms with E-state index >= 15 is 0 Å². The summed E-state index contributed by atoms with van der Waals surface area (Å²) in [5.74, 6) is 3.12. The van der Waals surface area contributed by atoms with Gasteiger partial charge in [-0.1, -0.05) is 0 Å². The Morgan fingerprint density at radius 3 is 1.36 bits per heavy atom. The summed E-state index contributed by atoms with van der Waals surface area (Å²) in [5, 5.41) is 0. The zero-order chi connectivity index (χ0) is 16.3. The van der Waals surface area contributed by atoms with Crippen LogP contribution >= 0.6 is 0 Å². The minimum absolute atomic E-state index is 0.0461. The van der Waals surface area contributed by atoms with E-state index in [-0.39, 0.29) is 34.1 Å². The molecule has 0 aromatic heterocycles. The van der Waals surface area contributed by atoms with E-state index in [1.165, 1.54) is 0 Å². The van der Waals surface area contributed by atoms with E-state index < -0.39 is 0 Å². The first-order chi connectivity index (χ1) is 10.4. The molecule has 2 rings (SSSR count). The molecule has 4 heteroatoms. The van der Waals surface area contributed by atoms with Crippen molar-refractivity contribution in [3.8, 4) is 0 Å². The first-order valence-electron chi connectivity index (χ1n) is 7.60. The van der Waals surface area contributed by atoms with Gasteiger partial charge in [0.2, 0.25) is 0 Å². The number of nitrogens with zero attached hydrogens (tertiary/aromatic N) is 2. The average molecular weight is 526 g/mol. The molecule has 2 fully saturated rings. The molecule has 2 aliphatic rings. The van der Waals surface area contributed by atoms with Gasteiger partial charge in [0.1, 0.15) is 0 Å². The second-order valence-corrected chi connectivity index (χ2v) is 16.0. The van der Waals surface area contributed by atoms with Gasteiger partial charge in [0.05, 0.1) is 0 Å². The minimum atomic E-state index is -0.0461. The van der Waals surface area contributed by atoms with Crippen molar-refractivity contribution in [3.05, 3.63) is 58.3 Å². The van der Waals surface area contributed by atoms with Gasteiger partial charge in [0.15, 0.2) is 0 Å². The van der Waals surface area contributed by atoms with Gasteiger partial charge in [-0.25, -0.2) is 0 Å². The van der Waals surface area contributed by atoms with Crippen molar-refractivity contribution >= 4 is 34.1 Å². The normalized spacial score (nSPS) is 25.6. The summed E-state index contributed by atoms with van der Waals surface area (Å²) in [6.45, 7) is 4.63. The molecular weight excluding hydrogens is 499 g/mol. The summed E-state index contributed by atoms with van der Waals surface area (Å²) in [7, 11) is 8.69. The van der Waals surface area contributed by atoms with Gasteiger partial charge >= 0.3 is 156 Å². The molecule has 120 valence electrons. The molecule has 10 radical (unpaired) electrons. The molecule has 0 spiro atoms. The quantitative estimate of drug-likeness (QED) is 0.467. The van der Waals surface area contributed by atoms with Crippen molar-refractivity contribution in [1.29, 1.82) is 0 Å². The van der Waals surface area contributed by atoms with Crippen LogP contribution in [0.1, 0.15) is 13.8 Å². The monoisotopic (exact) mass is 530 g/mol. The van der Waals surface area contributed by atoms with Gasteiger partial charge in [-0.15, -0.1) is 0 Å². The second-order valence-electron chi connectivity index (χ2n) is 6.14. The Kier molecular flexibility index (Phi) is 8.35. The Morgan fingerprint density at radius 1 is 0.682 bits per heavy atom. The molecule has 2 aliphatic carbocycles. The van der Waals surface area contributed by atoms with Crippen LogP contribution in [-0.2, 0) is 0 Å². The van der Waals surface area contributed by atoms with E-state index in [0.29, 0.717) is 12.1 Å². The molecule has 0 amide bonds. The van der Waals surface area contributed by atoms with E-state index in [9.17, 15) is 0 Å². The first-order valence-corrected chi connectivity index (χ1v) is 17.3. The number of rotatable bonds is 7. The predicted octanol–water partition coefficient (Wildman–Crippen LogP) is 1.68. The van der Waals surface area contributed by atoms with Crippen molar-refractivity contribution in [1.82, 2.24) is 9.80 Å². The maximum absolute atomic E-state index is 2.38. The summed E-state index contributed by atoms with van der Waals surface area (Å²) >= 11 is -0.0923. The molecule has 22 heavy (non-hydrogen) atoms. The van der Waals surface area contributed by atoms with Crippen LogP contribution in [0.4, 0.5) is 0 Å². The van der Waals surface area contributed by atoms with Crippen LogP contribution in [0.3, 0.4) is 0 Å². The van der Waals surface area contributed by atoms with Gasteiger partial charge in [-0.2, -0.15) is 0 Å². The van der Waals surface area contributed by atoms with E-state index in [1.54, 1.807) is 19.8 Å². The fraction of sp³-hybridized carbons (Fsp3) is 0.444. The summed E-state index contributed by atoms with van der Waals surface area (Å²) in [4.78, 5) is 4.63. The molecule has 0 aromatic rings. The molecule has 0 bridgehead atoms. The van der Waals surface area contributed by atoms with Crippen LogP contribution in [0.15, 0.2) is 0 Å². The van der Waals surface area contributed by atoms with Crippen molar-refractivity contribution in [2.24, 2.45) is 0 Å². The van der Waals surface area contributed by atoms with Gasteiger partial charge in [-0.05, 0) is 0 Å². The first kappa shape index (κ1) is 19.8. The molecule has 0 unspecified atom stereocenters. The number of hydrogen-bond donors (Lipinski definition) is 0. The van der Waals surface area contributed by atoms with Crippen LogP contribution < -0.4 is 0 Å². The van der Waals surface area contributed by atoms with Crippen molar-refractivity contribution in [3.63, 3.8) is 0 Å². The molecule has 2 atom stereocenters. The van der Waals surface area contributed by atoms with Gasteiger partial charge < -0.3 is 0 Å². The molecule has 0 aliphatic heterocycles. The Bertz CT molecular complexity index is 303. The molecule has 2 saturated carbocycles. The van der Waals surface area contributed by atoms with Gasteiger partial charge in [0.25, 0.3) is 0 Å². The van der Waals surface area contributed by atoms with E-state index in [2.05, 4.69) is 90.4 Å². The van der Waals surface area contributed by atoms with Gasteiger partial charge in [-0.3, -0.25) is 0 Å². The van der Waals surface area contributed by atoms with E-state index in [0.717, 1.165) is 0 Å². The molecule has 0 saturated heterocycles. The summed E-state index contributed by atoms with van der Waals surface area (Å²) in [5.41, 5.74) is 0. The summed E-state index contributed by atoms with van der Waals surface area (Å²) in [6.07, 6.45) is 13.9. The van der Waals surface area contributed by atoms with Gasteiger partial charge in [0, 0.05) is 0 Å². The van der Waals surface area contributed by atoms with Crippen molar-refractivity contribution in [2.75, 3.05) is 28.2 Å². The molecule has 0 aromatic carbocycles. The third-order valence-electron chi connectivity index (χ3n) is 4.29. The Hall–Kier alpha value is 1.50. The van der Waals surface area contributed by atoms with Crippen LogP contribution in [0.25, 0.3) is 0 Å². The Morgan fingerprint density at radius 2 is 1.05 bits per heavy atom. The van der Waals surface area contributed by atoms with Crippen LogP contribution in [0.2, 0.25) is 0 Å². The fourth-order valence-electron chi connectivity index (χ4n) is 2.32. The Balaban J connectivity index is 1.86. The SMILES string of the molecule is C[C@@H]([C]1[CH][CH][CH][C]1[Te][Te][C]1[CH][CH][CH][C]1[C@H](C)N(C)C)N(C)C. The van der Waals surface area contributed by atoms with Crippen molar-refractivity contribution in [2.45, 2.75) is 25.9 Å². The number of hydrogen-bond acceptors (Lipinski definition) is 2. The fourth-order valence-corrected chi connectivity index (χ4v) is 14.8. The third kappa shape index (κ3) is 5.00. The standard InChI is InChI=1S/C18H26N2Te2/c1-13(19(3)4)15-9-7-11-17(15)21-22-18-12-8-10-16(18)14(2)20(5)6/h7-14H,1-6H3/t13-,14-/m0/s1. The molecule has 0 N–H and O–H groups in total. The topological polar surface area (TPSA) is 6.48 Å². The average Bonchev–Trinajstić information content (AvgIpc) is 3.11. The van der Waals surface area contributed by atoms with Crippen molar-refractivity contribution < 1.29 is 0 Å². The zero-order valence-corrected chi connectivity index (χ0v) is 19.0. The van der Waals surface area contributed by atoms with E-state index in [1.807, 2.05) is 0 Å². The molecule has 2 nitrogen and oxygen atoms in total. The van der Waals surface area contributed by atoms with Crippen LogP contribution in [0.5, 0.6) is 0 Å². The molecule has 0 heterocycles. The van der Waals surface area contributed by atoms with Crippen LogP contribution in [0, 0.1) is 58.3 Å².